The molecule has 0 spiro atoms. The molecule has 2 nitrogen and oxygen atoms in total. The molecule has 0 aliphatic carbocycles. The average molecular weight is 132 g/mol. The maximum absolute atomic E-state index is 3.99. The molecule has 0 aromatic carbocycles. The molecule has 0 bridgehead atoms. The SMILES string of the molecule is Cc1c[nH]c2cnccc12. The van der Waals surface area contributed by atoms with Crippen molar-refractivity contribution in [2.45, 2.75) is 6.92 Å². The Morgan fingerprint density at radius 3 is 3.20 bits per heavy atom. The zero-order valence-electron chi connectivity index (χ0n) is 5.76. The van der Waals surface area contributed by atoms with Gasteiger partial charge in [-0.3, -0.25) is 4.98 Å². The first kappa shape index (κ1) is 5.47. The number of aryl methyl sites for hydroxylation is 1. The Bertz CT molecular complexity index is 349. The minimum atomic E-state index is 1.11. The number of pyridine rings is 1. The van der Waals surface area contributed by atoms with Crippen molar-refractivity contribution in [2.75, 3.05) is 0 Å². The van der Waals surface area contributed by atoms with Gasteiger partial charge in [-0.15, -0.1) is 0 Å². The Balaban J connectivity index is 2.93. The van der Waals surface area contributed by atoms with Crippen LogP contribution in [0.2, 0.25) is 0 Å². The number of nitrogens with one attached hydrogen (secondary N) is 1. The van der Waals surface area contributed by atoms with E-state index < -0.39 is 0 Å². The zero-order valence-corrected chi connectivity index (χ0v) is 5.76. The van der Waals surface area contributed by atoms with E-state index in [-0.39, 0.29) is 0 Å². The molecule has 10 heavy (non-hydrogen) atoms. The highest BCUT2D eigenvalue weighted by Crippen LogP contribution is 2.14. The first-order valence-electron chi connectivity index (χ1n) is 3.25. The third kappa shape index (κ3) is 0.620. The van der Waals surface area contributed by atoms with Gasteiger partial charge in [-0.1, -0.05) is 0 Å². The van der Waals surface area contributed by atoms with Gasteiger partial charge in [-0.05, 0) is 18.6 Å². The fourth-order valence-electron chi connectivity index (χ4n) is 1.12. The third-order valence-corrected chi connectivity index (χ3v) is 1.69. The highest BCUT2D eigenvalue weighted by molar-refractivity contribution is 5.81. The summed E-state index contributed by atoms with van der Waals surface area (Å²) in [6.07, 6.45) is 5.64. The van der Waals surface area contributed by atoms with E-state index in [1.54, 1.807) is 0 Å². The lowest BCUT2D eigenvalue weighted by Gasteiger charge is -1.86. The van der Waals surface area contributed by atoms with Crippen molar-refractivity contribution >= 4 is 10.9 Å². The van der Waals surface area contributed by atoms with E-state index in [1.165, 1.54) is 10.9 Å². The third-order valence-electron chi connectivity index (χ3n) is 1.69. The summed E-state index contributed by atoms with van der Waals surface area (Å²) in [5, 5.41) is 1.26. The molecule has 2 rings (SSSR count). The zero-order chi connectivity index (χ0) is 6.97. The van der Waals surface area contributed by atoms with E-state index in [0.717, 1.165) is 5.52 Å². The number of H-pyrrole nitrogens is 1. The van der Waals surface area contributed by atoms with E-state index in [1.807, 2.05) is 24.7 Å². The second kappa shape index (κ2) is 1.84. The molecule has 0 fully saturated rings. The summed E-state index contributed by atoms with van der Waals surface area (Å²) in [6.45, 7) is 2.08. The number of rotatable bonds is 0. The van der Waals surface area contributed by atoms with Crippen molar-refractivity contribution in [3.63, 3.8) is 0 Å². The minimum Gasteiger partial charge on any atom is -0.360 e. The molecule has 0 aliphatic rings. The van der Waals surface area contributed by atoms with E-state index in [0.29, 0.717) is 0 Å². The molecule has 0 radical (unpaired) electrons. The summed E-state index contributed by atoms with van der Waals surface area (Å²) in [7, 11) is 0. The van der Waals surface area contributed by atoms with Crippen LogP contribution in [-0.4, -0.2) is 9.97 Å². The van der Waals surface area contributed by atoms with Crippen molar-refractivity contribution in [1.82, 2.24) is 9.97 Å². The van der Waals surface area contributed by atoms with Gasteiger partial charge in [-0.2, -0.15) is 0 Å². The van der Waals surface area contributed by atoms with Crippen LogP contribution in [0, 0.1) is 6.92 Å². The normalized spacial score (nSPS) is 10.5. The van der Waals surface area contributed by atoms with E-state index in [2.05, 4.69) is 16.9 Å². The first-order valence-corrected chi connectivity index (χ1v) is 3.25. The largest absolute Gasteiger partial charge is 0.360 e. The smallest absolute Gasteiger partial charge is 0.0643 e. The number of hydrogen-bond donors (Lipinski definition) is 1. The van der Waals surface area contributed by atoms with Crippen LogP contribution in [-0.2, 0) is 0 Å². The van der Waals surface area contributed by atoms with Gasteiger partial charge in [0.25, 0.3) is 0 Å². The topological polar surface area (TPSA) is 28.7 Å². The Labute approximate surface area is 58.9 Å². The monoisotopic (exact) mass is 132 g/mol. The van der Waals surface area contributed by atoms with Crippen LogP contribution in [0.15, 0.2) is 24.7 Å². The second-order valence-electron chi connectivity index (χ2n) is 2.39. The van der Waals surface area contributed by atoms with Crippen LogP contribution in [0.4, 0.5) is 0 Å². The fourth-order valence-corrected chi connectivity index (χ4v) is 1.12. The van der Waals surface area contributed by atoms with Crippen LogP contribution < -0.4 is 0 Å². The Morgan fingerprint density at radius 1 is 1.50 bits per heavy atom. The van der Waals surface area contributed by atoms with Crippen molar-refractivity contribution < 1.29 is 0 Å². The standard InChI is InChI=1S/C8H8N2/c1-6-4-10-8-5-9-3-2-7(6)8/h2-5,10H,1H3. The van der Waals surface area contributed by atoms with Crippen LogP contribution in [0.5, 0.6) is 0 Å². The van der Waals surface area contributed by atoms with Crippen LogP contribution in [0.25, 0.3) is 10.9 Å². The molecule has 0 amide bonds. The Kier molecular flexibility index (Phi) is 1.01. The Hall–Kier alpha value is -1.31. The van der Waals surface area contributed by atoms with E-state index in [9.17, 15) is 0 Å². The molecule has 2 heteroatoms. The lowest BCUT2D eigenvalue weighted by molar-refractivity contribution is 1.34. The summed E-state index contributed by atoms with van der Waals surface area (Å²) in [4.78, 5) is 7.12. The molecule has 1 N–H and O–H groups in total. The van der Waals surface area contributed by atoms with Gasteiger partial charge in [0.1, 0.15) is 0 Å². The maximum Gasteiger partial charge on any atom is 0.0643 e. The van der Waals surface area contributed by atoms with Crippen molar-refractivity contribution in [3.8, 4) is 0 Å². The van der Waals surface area contributed by atoms with E-state index >= 15 is 0 Å². The average Bonchev–Trinajstić information content (AvgIpc) is 2.34. The van der Waals surface area contributed by atoms with Crippen LogP contribution in [0.1, 0.15) is 5.56 Å². The van der Waals surface area contributed by atoms with Crippen LogP contribution in [0.3, 0.4) is 0 Å². The van der Waals surface area contributed by atoms with Gasteiger partial charge in [-0.25, -0.2) is 0 Å². The molecule has 50 valence electrons. The van der Waals surface area contributed by atoms with Gasteiger partial charge in [0.15, 0.2) is 0 Å². The summed E-state index contributed by atoms with van der Waals surface area (Å²) >= 11 is 0. The van der Waals surface area contributed by atoms with Crippen molar-refractivity contribution in [1.29, 1.82) is 0 Å². The molecule has 0 atom stereocenters. The first-order chi connectivity index (χ1) is 4.88. The number of nitrogens with zero attached hydrogens (tertiary/aromatic N) is 1. The number of fused-ring (bicyclic) bond motifs is 1. The molecule has 0 unspecified atom stereocenters. The predicted octanol–water partition coefficient (Wildman–Crippen LogP) is 1.87. The van der Waals surface area contributed by atoms with Gasteiger partial charge in [0.2, 0.25) is 0 Å². The van der Waals surface area contributed by atoms with Crippen molar-refractivity contribution in [2.24, 2.45) is 0 Å². The Morgan fingerprint density at radius 2 is 2.40 bits per heavy atom. The molecule has 2 aromatic heterocycles. The summed E-state index contributed by atoms with van der Waals surface area (Å²) < 4.78 is 0. The quantitative estimate of drug-likeness (QED) is 0.582. The summed E-state index contributed by atoms with van der Waals surface area (Å²) in [5.74, 6) is 0. The van der Waals surface area contributed by atoms with Gasteiger partial charge < -0.3 is 4.98 Å². The van der Waals surface area contributed by atoms with Gasteiger partial charge in [0.05, 0.1) is 11.7 Å². The molecule has 0 saturated heterocycles. The molecule has 2 aromatic rings. The summed E-state index contributed by atoms with van der Waals surface area (Å²) in [5.41, 5.74) is 2.39. The molecule has 0 saturated carbocycles. The number of hydrogen-bond acceptors (Lipinski definition) is 1. The lowest BCUT2D eigenvalue weighted by Crippen LogP contribution is -1.70. The summed E-state index contributed by atoms with van der Waals surface area (Å²) in [6, 6.07) is 2.02. The predicted molar refractivity (Wildman–Crippen MR) is 40.8 cm³/mol. The minimum absolute atomic E-state index is 1.11. The highest BCUT2D eigenvalue weighted by Gasteiger charge is 1.95. The van der Waals surface area contributed by atoms with Crippen molar-refractivity contribution in [3.05, 3.63) is 30.2 Å². The van der Waals surface area contributed by atoms with Gasteiger partial charge in [0, 0.05) is 17.8 Å². The highest BCUT2D eigenvalue weighted by atomic mass is 14.7. The number of aromatic amines is 1. The molecule has 0 aliphatic heterocycles. The molecule has 2 heterocycles. The molecular weight excluding hydrogens is 124 g/mol. The number of aromatic nitrogens is 2. The second-order valence-corrected chi connectivity index (χ2v) is 2.39. The fraction of sp³-hybridized carbons (Fsp3) is 0.125. The van der Waals surface area contributed by atoms with Crippen LogP contribution >= 0.6 is 0 Å². The lowest BCUT2D eigenvalue weighted by atomic mass is 10.2. The van der Waals surface area contributed by atoms with Gasteiger partial charge >= 0.3 is 0 Å². The van der Waals surface area contributed by atoms with E-state index in [4.69, 9.17) is 0 Å². The maximum atomic E-state index is 3.99. The molecular formula is C8H8N2.